The van der Waals surface area contributed by atoms with Gasteiger partial charge >= 0.3 is 0 Å². The van der Waals surface area contributed by atoms with Crippen LogP contribution in [0.25, 0.3) is 0 Å². The zero-order valence-corrected chi connectivity index (χ0v) is 11.5. The first-order valence-corrected chi connectivity index (χ1v) is 6.64. The van der Waals surface area contributed by atoms with Crippen molar-refractivity contribution in [2.45, 2.75) is 25.9 Å². The van der Waals surface area contributed by atoms with Crippen molar-refractivity contribution in [3.63, 3.8) is 0 Å². The van der Waals surface area contributed by atoms with Crippen LogP contribution in [0.5, 0.6) is 5.75 Å². The minimum atomic E-state index is 0.0703. The molecule has 5 heteroatoms. The van der Waals surface area contributed by atoms with Crippen molar-refractivity contribution in [3.8, 4) is 11.8 Å². The molecule has 1 aromatic heterocycles. The molecule has 1 unspecified atom stereocenters. The van der Waals surface area contributed by atoms with Gasteiger partial charge in [0.05, 0.1) is 6.04 Å². The Morgan fingerprint density at radius 3 is 3.10 bits per heavy atom. The maximum absolute atomic E-state index is 8.51. The van der Waals surface area contributed by atoms with E-state index in [0.29, 0.717) is 0 Å². The molecule has 0 radical (unpaired) electrons. The Labute approximate surface area is 118 Å². The molecule has 2 aromatic rings. The van der Waals surface area contributed by atoms with Crippen LogP contribution in [-0.4, -0.2) is 16.6 Å². The lowest BCUT2D eigenvalue weighted by Gasteiger charge is -2.15. The van der Waals surface area contributed by atoms with Gasteiger partial charge in [-0.1, -0.05) is 19.1 Å². The molecule has 0 aliphatic rings. The van der Waals surface area contributed by atoms with Gasteiger partial charge in [-0.25, -0.2) is 4.98 Å². The summed E-state index contributed by atoms with van der Waals surface area (Å²) in [7, 11) is 0. The maximum Gasteiger partial charge on any atom is 0.174 e. The monoisotopic (exact) mass is 270 g/mol. The molecule has 0 amide bonds. The molecule has 104 valence electrons. The van der Waals surface area contributed by atoms with Gasteiger partial charge in [0.15, 0.2) is 6.61 Å². The van der Waals surface area contributed by atoms with Crippen molar-refractivity contribution in [1.82, 2.24) is 15.3 Å². The average Bonchev–Trinajstić information content (AvgIpc) is 3.00. The first-order chi connectivity index (χ1) is 9.83. The number of H-pyrrole nitrogens is 1. The smallest absolute Gasteiger partial charge is 0.174 e. The minimum absolute atomic E-state index is 0.0703. The van der Waals surface area contributed by atoms with Gasteiger partial charge in [-0.05, 0) is 24.1 Å². The topological polar surface area (TPSA) is 73.7 Å². The molecule has 1 heterocycles. The van der Waals surface area contributed by atoms with Gasteiger partial charge in [0.25, 0.3) is 0 Å². The fourth-order valence-electron chi connectivity index (χ4n) is 2.00. The van der Waals surface area contributed by atoms with Gasteiger partial charge in [0.2, 0.25) is 0 Å². The summed E-state index contributed by atoms with van der Waals surface area (Å²) >= 11 is 0. The Hall–Kier alpha value is -2.32. The van der Waals surface area contributed by atoms with Gasteiger partial charge in [-0.15, -0.1) is 0 Å². The highest BCUT2D eigenvalue weighted by molar-refractivity contribution is 5.28. The van der Waals surface area contributed by atoms with Crippen LogP contribution in [0, 0.1) is 11.3 Å². The Bertz CT molecular complexity index is 560. The third kappa shape index (κ3) is 3.84. The molecule has 0 saturated heterocycles. The SMILES string of the molecule is CCC(NCc1cccc(OCC#N)c1)c1ncc[nH]1. The molecule has 2 N–H and O–H groups in total. The van der Waals surface area contributed by atoms with Gasteiger partial charge in [0.1, 0.15) is 17.6 Å². The van der Waals surface area contributed by atoms with Crippen LogP contribution in [0.15, 0.2) is 36.7 Å². The number of imidazole rings is 1. The van der Waals surface area contributed by atoms with Crippen molar-refractivity contribution < 1.29 is 4.74 Å². The summed E-state index contributed by atoms with van der Waals surface area (Å²) < 4.78 is 5.29. The number of aromatic amines is 1. The number of aromatic nitrogens is 2. The highest BCUT2D eigenvalue weighted by Crippen LogP contribution is 2.16. The second-order valence-electron chi connectivity index (χ2n) is 4.41. The van der Waals surface area contributed by atoms with Crippen LogP contribution >= 0.6 is 0 Å². The molecule has 0 fully saturated rings. The van der Waals surface area contributed by atoms with Crippen LogP contribution in [0.3, 0.4) is 0 Å². The predicted molar refractivity (Wildman–Crippen MR) is 76.0 cm³/mol. The van der Waals surface area contributed by atoms with Crippen LogP contribution in [-0.2, 0) is 6.54 Å². The Morgan fingerprint density at radius 1 is 1.50 bits per heavy atom. The standard InChI is InChI=1S/C15H18N4O/c1-2-14(15-17-7-8-18-15)19-11-12-4-3-5-13(10-12)20-9-6-16/h3-5,7-8,10,14,19H,2,9,11H2,1H3,(H,17,18). The predicted octanol–water partition coefficient (Wildman–Crippen LogP) is 2.55. The molecule has 0 aliphatic carbocycles. The largest absolute Gasteiger partial charge is 0.479 e. The molecule has 0 bridgehead atoms. The highest BCUT2D eigenvalue weighted by Gasteiger charge is 2.10. The fraction of sp³-hybridized carbons (Fsp3) is 0.333. The minimum Gasteiger partial charge on any atom is -0.479 e. The third-order valence-electron chi connectivity index (χ3n) is 3.01. The zero-order valence-electron chi connectivity index (χ0n) is 11.5. The first-order valence-electron chi connectivity index (χ1n) is 6.64. The van der Waals surface area contributed by atoms with Crippen molar-refractivity contribution in [1.29, 1.82) is 5.26 Å². The van der Waals surface area contributed by atoms with E-state index in [1.54, 1.807) is 6.20 Å². The summed E-state index contributed by atoms with van der Waals surface area (Å²) in [6.45, 7) is 2.91. The molecule has 0 aliphatic heterocycles. The lowest BCUT2D eigenvalue weighted by Crippen LogP contribution is -2.21. The molecule has 1 aromatic carbocycles. The molecule has 0 spiro atoms. The summed E-state index contributed by atoms with van der Waals surface area (Å²) in [5, 5.41) is 12.0. The number of benzene rings is 1. The zero-order chi connectivity index (χ0) is 14.2. The Balaban J connectivity index is 1.94. The summed E-state index contributed by atoms with van der Waals surface area (Å²) in [5.74, 6) is 1.67. The number of rotatable bonds is 7. The Morgan fingerprint density at radius 2 is 2.40 bits per heavy atom. The molecule has 2 rings (SSSR count). The first kappa shape index (κ1) is 14.1. The van der Waals surface area contributed by atoms with Crippen LogP contribution in [0.2, 0.25) is 0 Å². The number of nitriles is 1. The van der Waals surface area contributed by atoms with Gasteiger partial charge in [-0.3, -0.25) is 0 Å². The quantitative estimate of drug-likeness (QED) is 0.811. The van der Waals surface area contributed by atoms with E-state index in [9.17, 15) is 0 Å². The number of nitrogens with zero attached hydrogens (tertiary/aromatic N) is 2. The molecular formula is C15H18N4O. The third-order valence-corrected chi connectivity index (χ3v) is 3.01. The van der Waals surface area contributed by atoms with Crippen LogP contribution in [0.4, 0.5) is 0 Å². The molecule has 5 nitrogen and oxygen atoms in total. The van der Waals surface area contributed by atoms with E-state index in [1.807, 2.05) is 36.5 Å². The second kappa shape index (κ2) is 7.31. The van der Waals surface area contributed by atoms with Crippen molar-refractivity contribution in [2.75, 3.05) is 6.61 Å². The number of hydrogen-bond donors (Lipinski definition) is 2. The van der Waals surface area contributed by atoms with Crippen LogP contribution in [0.1, 0.15) is 30.8 Å². The summed E-state index contributed by atoms with van der Waals surface area (Å²) in [5.41, 5.74) is 1.12. The van der Waals surface area contributed by atoms with E-state index < -0.39 is 0 Å². The van der Waals surface area contributed by atoms with Gasteiger partial charge in [0, 0.05) is 18.9 Å². The van der Waals surface area contributed by atoms with Crippen molar-refractivity contribution in [2.24, 2.45) is 0 Å². The average molecular weight is 270 g/mol. The maximum atomic E-state index is 8.51. The summed E-state index contributed by atoms with van der Waals surface area (Å²) in [6, 6.07) is 9.92. The Kier molecular flexibility index (Phi) is 5.15. The van der Waals surface area contributed by atoms with Crippen molar-refractivity contribution in [3.05, 3.63) is 48.0 Å². The van der Waals surface area contributed by atoms with E-state index in [-0.39, 0.29) is 12.6 Å². The summed E-state index contributed by atoms with van der Waals surface area (Å²) in [6.07, 6.45) is 4.55. The van der Waals surface area contributed by atoms with Crippen LogP contribution < -0.4 is 10.1 Å². The normalized spacial score (nSPS) is 11.8. The molecular weight excluding hydrogens is 252 g/mol. The fourth-order valence-corrected chi connectivity index (χ4v) is 2.00. The van der Waals surface area contributed by atoms with E-state index in [2.05, 4.69) is 22.2 Å². The van der Waals surface area contributed by atoms with E-state index in [4.69, 9.17) is 10.00 Å². The van der Waals surface area contributed by atoms with E-state index in [1.165, 1.54) is 0 Å². The molecule has 1 atom stereocenters. The van der Waals surface area contributed by atoms with E-state index >= 15 is 0 Å². The number of ether oxygens (including phenoxy) is 1. The molecule has 0 saturated carbocycles. The number of hydrogen-bond acceptors (Lipinski definition) is 4. The molecule has 20 heavy (non-hydrogen) atoms. The van der Waals surface area contributed by atoms with Crippen molar-refractivity contribution >= 4 is 0 Å². The lowest BCUT2D eigenvalue weighted by molar-refractivity contribution is 0.367. The van der Waals surface area contributed by atoms with Gasteiger partial charge < -0.3 is 15.0 Å². The van der Waals surface area contributed by atoms with Gasteiger partial charge in [-0.2, -0.15) is 5.26 Å². The highest BCUT2D eigenvalue weighted by atomic mass is 16.5. The van der Waals surface area contributed by atoms with E-state index in [0.717, 1.165) is 30.1 Å². The number of nitrogens with one attached hydrogen (secondary N) is 2. The second-order valence-corrected chi connectivity index (χ2v) is 4.41. The summed E-state index contributed by atoms with van der Waals surface area (Å²) in [4.78, 5) is 7.41. The lowest BCUT2D eigenvalue weighted by atomic mass is 10.1.